The summed E-state index contributed by atoms with van der Waals surface area (Å²) in [7, 11) is 1.78. The first-order chi connectivity index (χ1) is 14.5. The lowest BCUT2D eigenvalue weighted by molar-refractivity contribution is 0.102. The zero-order valence-electron chi connectivity index (χ0n) is 16.9. The van der Waals surface area contributed by atoms with Gasteiger partial charge >= 0.3 is 0 Å². The Labute approximate surface area is 182 Å². The standard InChI is InChI=1S/C22H21FN4OS2/c1-14-11-18(15(2)27(14)12-16-7-6-10-29-16)20(28)13-30-22-25-24-21(26(22)3)17-8-4-5-9-19(17)23/h4-11H,12-13H2,1-3H3. The third-order valence-electron chi connectivity index (χ3n) is 5.05. The molecule has 0 radical (unpaired) electrons. The van der Waals surface area contributed by atoms with Crippen molar-refractivity contribution in [3.05, 3.63) is 75.5 Å². The maximum absolute atomic E-state index is 14.1. The van der Waals surface area contributed by atoms with E-state index in [-0.39, 0.29) is 17.4 Å². The summed E-state index contributed by atoms with van der Waals surface area (Å²) in [6.07, 6.45) is 0. The number of carbonyl (C=O) groups is 1. The highest BCUT2D eigenvalue weighted by Crippen LogP contribution is 2.26. The number of aryl methyl sites for hydroxylation is 1. The van der Waals surface area contributed by atoms with Gasteiger partial charge in [0.2, 0.25) is 0 Å². The summed E-state index contributed by atoms with van der Waals surface area (Å²) in [6.45, 7) is 4.77. The quantitative estimate of drug-likeness (QED) is 0.295. The van der Waals surface area contributed by atoms with E-state index in [0.29, 0.717) is 16.5 Å². The molecule has 4 rings (SSSR count). The van der Waals surface area contributed by atoms with Crippen molar-refractivity contribution < 1.29 is 9.18 Å². The van der Waals surface area contributed by atoms with Crippen molar-refractivity contribution in [1.29, 1.82) is 0 Å². The first kappa shape index (κ1) is 20.6. The van der Waals surface area contributed by atoms with Crippen molar-refractivity contribution in [1.82, 2.24) is 19.3 Å². The van der Waals surface area contributed by atoms with Crippen LogP contribution in [0.5, 0.6) is 0 Å². The minimum atomic E-state index is -0.348. The van der Waals surface area contributed by atoms with Gasteiger partial charge in [0.1, 0.15) is 5.82 Å². The minimum absolute atomic E-state index is 0.0426. The average molecular weight is 441 g/mol. The number of rotatable bonds is 7. The molecule has 3 heterocycles. The second-order valence-electron chi connectivity index (χ2n) is 7.01. The summed E-state index contributed by atoms with van der Waals surface area (Å²) >= 11 is 3.02. The largest absolute Gasteiger partial charge is 0.343 e. The van der Waals surface area contributed by atoms with Gasteiger partial charge in [0.25, 0.3) is 0 Å². The Morgan fingerprint density at radius 3 is 2.70 bits per heavy atom. The minimum Gasteiger partial charge on any atom is -0.343 e. The maximum atomic E-state index is 14.1. The molecule has 5 nitrogen and oxygen atoms in total. The lowest BCUT2D eigenvalue weighted by Gasteiger charge is -2.08. The Balaban J connectivity index is 1.49. The van der Waals surface area contributed by atoms with E-state index in [0.717, 1.165) is 23.5 Å². The highest BCUT2D eigenvalue weighted by atomic mass is 32.2. The van der Waals surface area contributed by atoms with Gasteiger partial charge in [0.15, 0.2) is 16.8 Å². The average Bonchev–Trinajstić information content (AvgIpc) is 3.44. The van der Waals surface area contributed by atoms with E-state index in [1.54, 1.807) is 41.2 Å². The van der Waals surface area contributed by atoms with Crippen LogP contribution in [0.15, 0.2) is 53.0 Å². The first-order valence-electron chi connectivity index (χ1n) is 9.45. The zero-order valence-corrected chi connectivity index (χ0v) is 18.6. The number of nitrogens with zero attached hydrogens (tertiary/aromatic N) is 4. The molecule has 154 valence electrons. The molecule has 1 aromatic carbocycles. The number of carbonyl (C=O) groups excluding carboxylic acids is 1. The van der Waals surface area contributed by atoms with Crippen molar-refractivity contribution in [2.24, 2.45) is 7.05 Å². The van der Waals surface area contributed by atoms with Crippen molar-refractivity contribution in [2.75, 3.05) is 5.75 Å². The third-order valence-corrected chi connectivity index (χ3v) is 6.93. The monoisotopic (exact) mass is 440 g/mol. The summed E-state index contributed by atoms with van der Waals surface area (Å²) in [5, 5.41) is 10.9. The molecule has 0 amide bonds. The molecule has 3 aromatic heterocycles. The normalized spacial score (nSPS) is 11.2. The van der Waals surface area contributed by atoms with E-state index >= 15 is 0 Å². The number of hydrogen-bond donors (Lipinski definition) is 0. The highest BCUT2D eigenvalue weighted by Gasteiger charge is 2.19. The molecular weight excluding hydrogens is 419 g/mol. The predicted molar refractivity (Wildman–Crippen MR) is 119 cm³/mol. The molecule has 0 fully saturated rings. The number of aromatic nitrogens is 4. The van der Waals surface area contributed by atoms with Gasteiger partial charge in [-0.2, -0.15) is 0 Å². The van der Waals surface area contributed by atoms with Crippen LogP contribution < -0.4 is 0 Å². The van der Waals surface area contributed by atoms with Gasteiger partial charge in [-0.3, -0.25) is 4.79 Å². The number of hydrogen-bond acceptors (Lipinski definition) is 5. The van der Waals surface area contributed by atoms with Crippen LogP contribution in [0.4, 0.5) is 4.39 Å². The SMILES string of the molecule is Cc1cc(C(=O)CSc2nnc(-c3ccccc3F)n2C)c(C)n1Cc1cccs1. The van der Waals surface area contributed by atoms with Crippen LogP contribution in [0.2, 0.25) is 0 Å². The van der Waals surface area contributed by atoms with Crippen LogP contribution in [-0.4, -0.2) is 30.9 Å². The van der Waals surface area contributed by atoms with Gasteiger partial charge in [0.05, 0.1) is 17.9 Å². The molecule has 0 saturated carbocycles. The van der Waals surface area contributed by atoms with Gasteiger partial charge in [-0.05, 0) is 43.5 Å². The number of halogens is 1. The van der Waals surface area contributed by atoms with Gasteiger partial charge in [-0.25, -0.2) is 4.39 Å². The Morgan fingerprint density at radius 1 is 1.17 bits per heavy atom. The van der Waals surface area contributed by atoms with Crippen molar-refractivity contribution in [3.63, 3.8) is 0 Å². The number of thioether (sulfide) groups is 1. The molecule has 0 bridgehead atoms. The van der Waals surface area contributed by atoms with Crippen LogP contribution >= 0.6 is 23.1 Å². The van der Waals surface area contributed by atoms with E-state index in [1.165, 1.54) is 22.7 Å². The molecule has 0 saturated heterocycles. The zero-order chi connectivity index (χ0) is 21.3. The highest BCUT2D eigenvalue weighted by molar-refractivity contribution is 7.99. The smallest absolute Gasteiger partial charge is 0.191 e. The van der Waals surface area contributed by atoms with E-state index in [4.69, 9.17) is 0 Å². The predicted octanol–water partition coefficient (Wildman–Crippen LogP) is 5.12. The van der Waals surface area contributed by atoms with Gasteiger partial charge in [-0.1, -0.05) is 30.0 Å². The maximum Gasteiger partial charge on any atom is 0.191 e. The summed E-state index contributed by atoms with van der Waals surface area (Å²) in [5.74, 6) is 0.379. The first-order valence-corrected chi connectivity index (χ1v) is 11.3. The molecule has 0 aliphatic rings. The Bertz CT molecular complexity index is 1190. The molecule has 0 aliphatic heterocycles. The van der Waals surface area contributed by atoms with Crippen LogP contribution in [0.25, 0.3) is 11.4 Å². The topological polar surface area (TPSA) is 52.7 Å². The molecular formula is C22H21FN4OS2. The third kappa shape index (κ3) is 3.97. The number of Topliss-reactive ketones (excluding diaryl/α,β-unsaturated/α-hetero) is 1. The number of thiophene rings is 1. The summed E-state index contributed by atoms with van der Waals surface area (Å²) in [5.41, 5.74) is 3.15. The van der Waals surface area contributed by atoms with Gasteiger partial charge in [-0.15, -0.1) is 21.5 Å². The molecule has 0 spiro atoms. The van der Waals surface area contributed by atoms with Crippen LogP contribution in [0.1, 0.15) is 26.6 Å². The molecule has 0 aliphatic carbocycles. The Morgan fingerprint density at radius 2 is 1.97 bits per heavy atom. The fourth-order valence-corrected chi connectivity index (χ4v) is 4.90. The van der Waals surface area contributed by atoms with Crippen molar-refractivity contribution >= 4 is 28.9 Å². The van der Waals surface area contributed by atoms with Crippen LogP contribution in [0, 0.1) is 19.7 Å². The van der Waals surface area contributed by atoms with E-state index < -0.39 is 0 Å². The molecule has 4 aromatic rings. The summed E-state index contributed by atoms with van der Waals surface area (Å²) in [4.78, 5) is 14.2. The second-order valence-corrected chi connectivity index (χ2v) is 8.98. The van der Waals surface area contributed by atoms with Gasteiger partial charge in [0, 0.05) is 28.9 Å². The van der Waals surface area contributed by atoms with E-state index in [2.05, 4.69) is 26.2 Å². The van der Waals surface area contributed by atoms with Crippen molar-refractivity contribution in [3.8, 4) is 11.4 Å². The molecule has 0 unspecified atom stereocenters. The second kappa shape index (κ2) is 8.57. The number of benzene rings is 1. The number of ketones is 1. The summed E-state index contributed by atoms with van der Waals surface area (Å²) in [6, 6.07) is 12.5. The lowest BCUT2D eigenvalue weighted by atomic mass is 10.2. The molecule has 0 atom stereocenters. The lowest BCUT2D eigenvalue weighted by Crippen LogP contribution is -2.07. The van der Waals surface area contributed by atoms with Gasteiger partial charge < -0.3 is 9.13 Å². The Kier molecular flexibility index (Phi) is 5.87. The molecule has 0 N–H and O–H groups in total. The van der Waals surface area contributed by atoms with Crippen molar-refractivity contribution in [2.45, 2.75) is 25.5 Å². The summed E-state index contributed by atoms with van der Waals surface area (Å²) < 4.78 is 18.0. The van der Waals surface area contributed by atoms with E-state index in [1.807, 2.05) is 26.0 Å². The van der Waals surface area contributed by atoms with Crippen LogP contribution in [-0.2, 0) is 13.6 Å². The fourth-order valence-electron chi connectivity index (χ4n) is 3.41. The Hall–Kier alpha value is -2.71. The fraction of sp³-hybridized carbons (Fsp3) is 0.227. The van der Waals surface area contributed by atoms with Crippen LogP contribution in [0.3, 0.4) is 0 Å². The van der Waals surface area contributed by atoms with E-state index in [9.17, 15) is 9.18 Å². The molecule has 8 heteroatoms. The molecule has 30 heavy (non-hydrogen) atoms.